The predicted octanol–water partition coefficient (Wildman–Crippen LogP) is 2.67. The summed E-state index contributed by atoms with van der Waals surface area (Å²) >= 11 is 0. The topological polar surface area (TPSA) is 140 Å². The lowest BCUT2D eigenvalue weighted by Gasteiger charge is -2.19. The van der Waals surface area contributed by atoms with Crippen molar-refractivity contribution in [2.75, 3.05) is 11.9 Å². The maximum absolute atomic E-state index is 12.8. The second kappa shape index (κ2) is 8.16. The van der Waals surface area contributed by atoms with Crippen LogP contribution in [-0.2, 0) is 0 Å². The summed E-state index contributed by atoms with van der Waals surface area (Å²) in [4.78, 5) is 34.8. The van der Waals surface area contributed by atoms with Gasteiger partial charge in [-0.1, -0.05) is 0 Å². The van der Waals surface area contributed by atoms with Crippen molar-refractivity contribution in [3.05, 3.63) is 77.3 Å². The lowest BCUT2D eigenvalue weighted by atomic mass is 10.1. The number of benzene rings is 1. The predicted molar refractivity (Wildman–Crippen MR) is 121 cm³/mol. The van der Waals surface area contributed by atoms with Crippen LogP contribution in [0.4, 0.5) is 5.69 Å². The van der Waals surface area contributed by atoms with Crippen LogP contribution in [0.25, 0.3) is 28.1 Å². The molecule has 0 aliphatic rings. The molecule has 0 spiro atoms. The van der Waals surface area contributed by atoms with E-state index in [9.17, 15) is 9.90 Å². The summed E-state index contributed by atoms with van der Waals surface area (Å²) in [6, 6.07) is 5.54. The number of hydrogen-bond acceptors (Lipinski definition) is 6. The molecule has 162 valence electrons. The largest absolute Gasteiger partial charge is 0.396 e. The number of fused-ring (bicyclic) bond motifs is 1. The second-order valence-corrected chi connectivity index (χ2v) is 7.53. The van der Waals surface area contributed by atoms with E-state index in [0.717, 1.165) is 28.0 Å². The number of H-pyrrole nitrogens is 3. The summed E-state index contributed by atoms with van der Waals surface area (Å²) in [7, 11) is 0. The molecule has 0 radical (unpaired) electrons. The van der Waals surface area contributed by atoms with E-state index in [0.29, 0.717) is 23.5 Å². The Morgan fingerprint density at radius 1 is 1.25 bits per heavy atom. The fourth-order valence-electron chi connectivity index (χ4n) is 3.86. The van der Waals surface area contributed by atoms with E-state index in [1.807, 2.05) is 29.8 Å². The van der Waals surface area contributed by atoms with Crippen LogP contribution in [0.2, 0.25) is 0 Å². The highest BCUT2D eigenvalue weighted by Crippen LogP contribution is 2.30. The Labute approximate surface area is 182 Å². The van der Waals surface area contributed by atoms with E-state index in [2.05, 4.69) is 30.2 Å². The van der Waals surface area contributed by atoms with Crippen LogP contribution in [0.3, 0.4) is 0 Å². The number of nitrogens with zero attached hydrogens (tertiary/aromatic N) is 4. The molecule has 10 nitrogen and oxygen atoms in total. The molecular weight excluding hydrogens is 408 g/mol. The Morgan fingerprint density at radius 3 is 2.91 bits per heavy atom. The maximum atomic E-state index is 12.8. The average Bonchev–Trinajstić information content (AvgIpc) is 3.54. The number of aliphatic hydroxyl groups is 1. The minimum atomic E-state index is -0.270. The van der Waals surface area contributed by atoms with Gasteiger partial charge in [0.2, 0.25) is 0 Å². The molecule has 0 bridgehead atoms. The molecule has 1 aromatic carbocycles. The van der Waals surface area contributed by atoms with Crippen LogP contribution in [0.5, 0.6) is 0 Å². The zero-order valence-electron chi connectivity index (χ0n) is 17.3. The van der Waals surface area contributed by atoms with Crippen molar-refractivity contribution in [3.63, 3.8) is 0 Å². The van der Waals surface area contributed by atoms with Gasteiger partial charge in [0.15, 0.2) is 0 Å². The maximum Gasteiger partial charge on any atom is 0.261 e. The second-order valence-electron chi connectivity index (χ2n) is 7.53. The zero-order valence-corrected chi connectivity index (χ0v) is 17.3. The van der Waals surface area contributed by atoms with Crippen molar-refractivity contribution in [1.29, 1.82) is 0 Å². The van der Waals surface area contributed by atoms with E-state index >= 15 is 0 Å². The average molecular weight is 430 g/mol. The van der Waals surface area contributed by atoms with Crippen LogP contribution >= 0.6 is 0 Å². The van der Waals surface area contributed by atoms with Gasteiger partial charge in [0, 0.05) is 30.9 Å². The van der Waals surface area contributed by atoms with Crippen LogP contribution in [-0.4, -0.2) is 46.2 Å². The first-order chi connectivity index (χ1) is 15.6. The van der Waals surface area contributed by atoms with Crippen molar-refractivity contribution in [3.8, 4) is 17.1 Å². The molecule has 0 fully saturated rings. The minimum absolute atomic E-state index is 0.0178. The number of aromatic nitrogens is 7. The molecule has 32 heavy (non-hydrogen) atoms. The summed E-state index contributed by atoms with van der Waals surface area (Å²) in [5, 5.41) is 12.9. The highest BCUT2D eigenvalue weighted by atomic mass is 16.3. The van der Waals surface area contributed by atoms with E-state index in [1.54, 1.807) is 37.3 Å². The molecular formula is C22H22N8O2. The first-order valence-electron chi connectivity index (χ1n) is 10.2. The number of aliphatic hydroxyl groups excluding tert-OH is 1. The van der Waals surface area contributed by atoms with Gasteiger partial charge in [0.05, 0.1) is 47.3 Å². The zero-order chi connectivity index (χ0) is 22.1. The first-order valence-corrected chi connectivity index (χ1v) is 10.2. The van der Waals surface area contributed by atoms with Crippen molar-refractivity contribution >= 4 is 16.7 Å². The molecule has 0 saturated heterocycles. The van der Waals surface area contributed by atoms with Crippen molar-refractivity contribution < 1.29 is 5.11 Å². The fourth-order valence-corrected chi connectivity index (χ4v) is 3.86. The number of anilines is 1. The third-order valence-corrected chi connectivity index (χ3v) is 5.40. The van der Waals surface area contributed by atoms with Gasteiger partial charge in [0.1, 0.15) is 11.4 Å². The van der Waals surface area contributed by atoms with Crippen molar-refractivity contribution in [1.82, 2.24) is 34.5 Å². The minimum Gasteiger partial charge on any atom is -0.396 e. The van der Waals surface area contributed by atoms with Gasteiger partial charge >= 0.3 is 0 Å². The number of aromatic amines is 3. The van der Waals surface area contributed by atoms with Gasteiger partial charge < -0.3 is 29.9 Å². The number of aryl methyl sites for hydroxylation is 1. The summed E-state index contributed by atoms with van der Waals surface area (Å²) < 4.78 is 1.92. The summed E-state index contributed by atoms with van der Waals surface area (Å²) in [6.45, 7) is 1.97. The van der Waals surface area contributed by atoms with Crippen LogP contribution in [0.15, 0.2) is 60.4 Å². The Kier molecular flexibility index (Phi) is 5.04. The number of nitrogens with one attached hydrogen (secondary N) is 4. The van der Waals surface area contributed by atoms with E-state index in [4.69, 9.17) is 4.98 Å². The molecule has 5 N–H and O–H groups in total. The lowest BCUT2D eigenvalue weighted by Crippen LogP contribution is -2.17. The molecule has 1 atom stereocenters. The Bertz CT molecular complexity index is 1400. The van der Waals surface area contributed by atoms with E-state index in [1.165, 1.54) is 0 Å². The molecule has 0 saturated carbocycles. The van der Waals surface area contributed by atoms with Gasteiger partial charge in [-0.2, -0.15) is 0 Å². The van der Waals surface area contributed by atoms with Gasteiger partial charge in [-0.25, -0.2) is 15.0 Å². The monoisotopic (exact) mass is 430 g/mol. The third-order valence-electron chi connectivity index (χ3n) is 5.40. The smallest absolute Gasteiger partial charge is 0.261 e. The molecule has 5 aromatic rings. The highest BCUT2D eigenvalue weighted by molar-refractivity contribution is 5.86. The van der Waals surface area contributed by atoms with Crippen molar-refractivity contribution in [2.45, 2.75) is 19.4 Å². The molecule has 5 rings (SSSR count). The standard InChI is InChI=1S/C22H22N8O2/c1-13-8-14(30-6-5-23-12-30)9-17-20(13)29-21(28-17)19-16(2-4-25-22(19)32)27-15(3-7-31)18-10-24-11-26-18/h2,4-6,8-12,15,31H,3,7H2,1H3,(H,24,26)(H,28,29)(H2,25,27,32). The summed E-state index contributed by atoms with van der Waals surface area (Å²) in [5.74, 6) is 0.461. The first kappa shape index (κ1) is 19.8. The number of rotatable bonds is 7. The molecule has 1 unspecified atom stereocenters. The Morgan fingerprint density at radius 2 is 2.16 bits per heavy atom. The molecule has 0 amide bonds. The molecule has 0 aliphatic heterocycles. The Hall–Kier alpha value is -4.18. The van der Waals surface area contributed by atoms with E-state index < -0.39 is 0 Å². The van der Waals surface area contributed by atoms with Crippen LogP contribution in [0.1, 0.15) is 23.7 Å². The fraction of sp³-hybridized carbons (Fsp3) is 0.182. The summed E-state index contributed by atoms with van der Waals surface area (Å²) in [5.41, 5.74) is 5.08. The quantitative estimate of drug-likeness (QED) is 0.269. The number of imidazole rings is 3. The highest BCUT2D eigenvalue weighted by Gasteiger charge is 2.19. The van der Waals surface area contributed by atoms with Gasteiger partial charge in [0.25, 0.3) is 5.56 Å². The number of hydrogen-bond donors (Lipinski definition) is 5. The molecule has 4 heterocycles. The number of pyridine rings is 1. The lowest BCUT2D eigenvalue weighted by molar-refractivity contribution is 0.279. The molecule has 10 heteroatoms. The summed E-state index contributed by atoms with van der Waals surface area (Å²) in [6.07, 6.45) is 10.6. The Balaban J connectivity index is 1.59. The van der Waals surface area contributed by atoms with Gasteiger partial charge in [-0.3, -0.25) is 4.79 Å². The van der Waals surface area contributed by atoms with Crippen LogP contribution < -0.4 is 10.9 Å². The van der Waals surface area contributed by atoms with Crippen LogP contribution in [0, 0.1) is 6.92 Å². The van der Waals surface area contributed by atoms with Crippen molar-refractivity contribution in [2.24, 2.45) is 0 Å². The molecule has 0 aliphatic carbocycles. The van der Waals surface area contributed by atoms with Gasteiger partial charge in [-0.05, 0) is 37.1 Å². The van der Waals surface area contributed by atoms with Gasteiger partial charge in [-0.15, -0.1) is 0 Å². The molecule has 4 aromatic heterocycles. The normalized spacial score (nSPS) is 12.3. The van der Waals surface area contributed by atoms with E-state index in [-0.39, 0.29) is 18.2 Å². The third kappa shape index (κ3) is 3.56. The SMILES string of the molecule is Cc1cc(-n2ccnc2)cc2[nH]c(-c3c(NC(CCO)c4cnc[nH]4)cc[nH]c3=O)nc12.